The van der Waals surface area contributed by atoms with Crippen LogP contribution >= 0.6 is 0 Å². The molecule has 1 aromatic rings. The molecule has 0 saturated carbocycles. The fraction of sp³-hybridized carbons (Fsp3) is 0.455. The maximum atomic E-state index is 11.7. The topological polar surface area (TPSA) is 51.5 Å². The van der Waals surface area contributed by atoms with Crippen LogP contribution in [0.1, 0.15) is 12.1 Å². The lowest BCUT2D eigenvalue weighted by molar-refractivity contribution is -0.147. The average molecular weight is 222 g/mol. The van der Waals surface area contributed by atoms with Gasteiger partial charge in [-0.15, -0.1) is 0 Å². The summed E-state index contributed by atoms with van der Waals surface area (Å²) in [5, 5.41) is 0. The maximum absolute atomic E-state index is 11.7. The van der Waals surface area contributed by atoms with Crippen LogP contribution in [0, 0.1) is 0 Å². The molecule has 0 fully saturated rings. The zero-order valence-electron chi connectivity index (χ0n) is 9.18. The summed E-state index contributed by atoms with van der Waals surface area (Å²) in [4.78, 5) is 24.4. The molecule has 86 valence electrons. The number of aromatic nitrogens is 1. The van der Waals surface area contributed by atoms with E-state index in [0.717, 1.165) is 12.2 Å². The summed E-state index contributed by atoms with van der Waals surface area (Å²) < 4.78 is 6.59. The van der Waals surface area contributed by atoms with E-state index in [4.69, 9.17) is 0 Å². The summed E-state index contributed by atoms with van der Waals surface area (Å²) in [5.74, 6) is -0.648. The van der Waals surface area contributed by atoms with E-state index < -0.39 is 5.97 Å². The summed E-state index contributed by atoms with van der Waals surface area (Å²) in [7, 11) is 1.29. The predicted octanol–water partition coefficient (Wildman–Crippen LogP) is 0.393. The van der Waals surface area contributed by atoms with Crippen LogP contribution in [-0.4, -0.2) is 35.0 Å². The molecule has 0 unspecified atom stereocenters. The van der Waals surface area contributed by atoms with Crippen molar-refractivity contribution in [2.24, 2.45) is 0 Å². The van der Waals surface area contributed by atoms with E-state index in [-0.39, 0.29) is 12.3 Å². The number of hydrogen-bond donors (Lipinski definition) is 0. The molecule has 1 aliphatic heterocycles. The molecule has 0 radical (unpaired) electrons. The molecule has 2 heterocycles. The summed E-state index contributed by atoms with van der Waals surface area (Å²) in [5.41, 5.74) is 1.10. The van der Waals surface area contributed by atoms with E-state index in [0.29, 0.717) is 13.1 Å². The number of nitrogens with zero attached hydrogens (tertiary/aromatic N) is 2. The summed E-state index contributed by atoms with van der Waals surface area (Å²) in [6.07, 6.45) is 1.83. The highest BCUT2D eigenvalue weighted by Gasteiger charge is 2.22. The Labute approximate surface area is 93.6 Å². The van der Waals surface area contributed by atoms with Gasteiger partial charge in [-0.2, -0.15) is 0 Å². The van der Waals surface area contributed by atoms with Crippen LogP contribution in [0.4, 0.5) is 0 Å². The zero-order valence-corrected chi connectivity index (χ0v) is 9.18. The van der Waals surface area contributed by atoms with Gasteiger partial charge in [-0.05, 0) is 12.1 Å². The highest BCUT2D eigenvalue weighted by atomic mass is 16.5. The smallest absolute Gasteiger partial charge is 0.315 e. The third-order valence-corrected chi connectivity index (χ3v) is 2.76. The van der Waals surface area contributed by atoms with Crippen LogP contribution in [0.5, 0.6) is 0 Å². The van der Waals surface area contributed by atoms with Crippen molar-refractivity contribution in [2.75, 3.05) is 13.7 Å². The average Bonchev–Trinajstić information content (AvgIpc) is 2.75. The Morgan fingerprint density at radius 1 is 1.44 bits per heavy atom. The first-order valence-corrected chi connectivity index (χ1v) is 5.19. The number of methoxy groups -OCH3 is 1. The van der Waals surface area contributed by atoms with Crippen molar-refractivity contribution in [1.82, 2.24) is 9.47 Å². The Bertz CT molecular complexity index is 411. The van der Waals surface area contributed by atoms with Gasteiger partial charge < -0.3 is 14.2 Å². The van der Waals surface area contributed by atoms with Crippen molar-refractivity contribution in [3.05, 3.63) is 24.0 Å². The molecule has 0 bridgehead atoms. The first-order valence-electron chi connectivity index (χ1n) is 5.19. The van der Waals surface area contributed by atoms with Gasteiger partial charge in [-0.25, -0.2) is 0 Å². The number of amides is 1. The minimum absolute atomic E-state index is 0.167. The van der Waals surface area contributed by atoms with Gasteiger partial charge in [-0.3, -0.25) is 9.59 Å². The lowest BCUT2D eigenvalue weighted by atomic mass is 10.2. The molecule has 0 spiro atoms. The second-order valence-electron chi connectivity index (χ2n) is 3.76. The van der Waals surface area contributed by atoms with Gasteiger partial charge in [0.1, 0.15) is 6.42 Å². The molecule has 0 saturated heterocycles. The molecule has 5 heteroatoms. The Balaban J connectivity index is 1.98. The van der Waals surface area contributed by atoms with E-state index >= 15 is 0 Å². The van der Waals surface area contributed by atoms with Crippen molar-refractivity contribution in [1.29, 1.82) is 0 Å². The lowest BCUT2D eigenvalue weighted by Gasteiger charge is -2.28. The third kappa shape index (κ3) is 2.08. The first kappa shape index (κ1) is 10.7. The highest BCUT2D eigenvalue weighted by molar-refractivity contribution is 5.94. The fourth-order valence-electron chi connectivity index (χ4n) is 1.83. The van der Waals surface area contributed by atoms with Crippen molar-refractivity contribution in [3.63, 3.8) is 0 Å². The molecular weight excluding hydrogens is 208 g/mol. The summed E-state index contributed by atoms with van der Waals surface area (Å²) >= 11 is 0. The van der Waals surface area contributed by atoms with Crippen molar-refractivity contribution < 1.29 is 14.3 Å². The molecule has 0 aliphatic carbocycles. The molecule has 1 aromatic heterocycles. The first-order chi connectivity index (χ1) is 7.70. The number of hydrogen-bond acceptors (Lipinski definition) is 3. The largest absolute Gasteiger partial charge is 0.469 e. The highest BCUT2D eigenvalue weighted by Crippen LogP contribution is 2.13. The van der Waals surface area contributed by atoms with Gasteiger partial charge in [0.25, 0.3) is 0 Å². The molecule has 0 aromatic carbocycles. The summed E-state index contributed by atoms with van der Waals surface area (Å²) in [6, 6.07) is 3.95. The quantitative estimate of drug-likeness (QED) is 0.537. The Morgan fingerprint density at radius 2 is 2.25 bits per heavy atom. The van der Waals surface area contributed by atoms with E-state index in [1.807, 2.05) is 18.3 Å². The molecule has 5 nitrogen and oxygen atoms in total. The van der Waals surface area contributed by atoms with Gasteiger partial charge >= 0.3 is 5.97 Å². The molecule has 1 amide bonds. The normalized spacial score (nSPS) is 14.4. The molecule has 1 aliphatic rings. The van der Waals surface area contributed by atoms with Gasteiger partial charge in [0, 0.05) is 25.0 Å². The van der Waals surface area contributed by atoms with Crippen LogP contribution in [0.15, 0.2) is 18.3 Å². The van der Waals surface area contributed by atoms with Gasteiger partial charge in [0.05, 0.1) is 13.7 Å². The Morgan fingerprint density at radius 3 is 3.00 bits per heavy atom. The van der Waals surface area contributed by atoms with Crippen LogP contribution in [0.3, 0.4) is 0 Å². The Hall–Kier alpha value is -1.78. The fourth-order valence-corrected chi connectivity index (χ4v) is 1.83. The van der Waals surface area contributed by atoms with E-state index in [2.05, 4.69) is 9.30 Å². The number of esters is 1. The molecule has 2 rings (SSSR count). The standard InChI is InChI=1S/C11H14N2O3/c1-16-11(15)7-10(14)13-6-5-12-4-2-3-9(12)8-13/h2-4H,5-8H2,1H3. The SMILES string of the molecule is COC(=O)CC(=O)N1CCn2cccc2C1. The van der Waals surface area contributed by atoms with Crippen molar-refractivity contribution in [3.8, 4) is 0 Å². The van der Waals surface area contributed by atoms with E-state index in [9.17, 15) is 9.59 Å². The molecular formula is C11H14N2O3. The minimum Gasteiger partial charge on any atom is -0.469 e. The van der Waals surface area contributed by atoms with Crippen LogP contribution in [0.25, 0.3) is 0 Å². The van der Waals surface area contributed by atoms with Crippen molar-refractivity contribution >= 4 is 11.9 Å². The predicted molar refractivity (Wildman–Crippen MR) is 56.5 cm³/mol. The molecule has 16 heavy (non-hydrogen) atoms. The number of rotatable bonds is 2. The lowest BCUT2D eigenvalue weighted by Crippen LogP contribution is -2.38. The Kier molecular flexibility index (Phi) is 2.94. The minimum atomic E-state index is -0.481. The maximum Gasteiger partial charge on any atom is 0.315 e. The second-order valence-corrected chi connectivity index (χ2v) is 3.76. The van der Waals surface area contributed by atoms with Crippen LogP contribution in [-0.2, 0) is 27.4 Å². The van der Waals surface area contributed by atoms with E-state index in [1.54, 1.807) is 4.90 Å². The summed E-state index contributed by atoms with van der Waals surface area (Å²) in [6.45, 7) is 2.01. The third-order valence-electron chi connectivity index (χ3n) is 2.76. The molecule has 0 atom stereocenters. The number of carbonyl (C=O) groups is 2. The number of fused-ring (bicyclic) bond motifs is 1. The van der Waals surface area contributed by atoms with Crippen LogP contribution in [0.2, 0.25) is 0 Å². The zero-order chi connectivity index (χ0) is 11.5. The van der Waals surface area contributed by atoms with Crippen molar-refractivity contribution in [2.45, 2.75) is 19.5 Å². The van der Waals surface area contributed by atoms with Gasteiger partial charge in [-0.1, -0.05) is 0 Å². The van der Waals surface area contributed by atoms with Crippen LogP contribution < -0.4 is 0 Å². The van der Waals surface area contributed by atoms with Gasteiger partial charge in [0.15, 0.2) is 0 Å². The molecule has 0 N–H and O–H groups in total. The number of ether oxygens (including phenoxy) is 1. The monoisotopic (exact) mass is 222 g/mol. The second kappa shape index (κ2) is 4.38. The van der Waals surface area contributed by atoms with Gasteiger partial charge in [0.2, 0.25) is 5.91 Å². The van der Waals surface area contributed by atoms with E-state index in [1.165, 1.54) is 7.11 Å². The number of carbonyl (C=O) groups excluding carboxylic acids is 2.